The van der Waals surface area contributed by atoms with Gasteiger partial charge in [-0.3, -0.25) is 0 Å². The summed E-state index contributed by atoms with van der Waals surface area (Å²) in [5.74, 6) is -1.49. The van der Waals surface area contributed by atoms with Crippen molar-refractivity contribution in [2.45, 2.75) is 5.51 Å². The molecule has 0 unspecified atom stereocenters. The third-order valence-electron chi connectivity index (χ3n) is 0.699. The topological polar surface area (TPSA) is 34.1 Å². The lowest BCUT2D eigenvalue weighted by Crippen LogP contribution is -2.26. The van der Waals surface area contributed by atoms with Gasteiger partial charge in [-0.25, -0.2) is 12.8 Å². The van der Waals surface area contributed by atoms with Crippen molar-refractivity contribution in [3.63, 3.8) is 0 Å². The molecule has 0 amide bonds. The van der Waals surface area contributed by atoms with Gasteiger partial charge in [-0.2, -0.15) is 13.2 Å². The van der Waals surface area contributed by atoms with Gasteiger partial charge < -0.3 is 0 Å². The van der Waals surface area contributed by atoms with Crippen molar-refractivity contribution in [3.05, 3.63) is 0 Å². The summed E-state index contributed by atoms with van der Waals surface area (Å²) < 4.78 is 64.7. The van der Waals surface area contributed by atoms with Crippen LogP contribution in [-0.4, -0.2) is 26.4 Å². The molecule has 0 radical (unpaired) electrons. The molecule has 62 valence electrons. The van der Waals surface area contributed by atoms with E-state index in [9.17, 15) is 26.0 Å². The second-order valence-corrected chi connectivity index (χ2v) is 3.55. The number of rotatable bonds is 2. The van der Waals surface area contributed by atoms with Crippen molar-refractivity contribution in [3.8, 4) is 0 Å². The highest BCUT2D eigenvalue weighted by Gasteiger charge is 2.44. The molecule has 0 rings (SSSR count). The SMILES string of the molecule is O=S(=O)(CCF)C(F)(F)F. The summed E-state index contributed by atoms with van der Waals surface area (Å²) in [6.07, 6.45) is 0. The van der Waals surface area contributed by atoms with Gasteiger partial charge >= 0.3 is 5.51 Å². The van der Waals surface area contributed by atoms with Gasteiger partial charge in [0.2, 0.25) is 9.84 Å². The fourth-order valence-corrected chi connectivity index (χ4v) is 0.652. The molecule has 0 spiro atoms. The predicted molar refractivity (Wildman–Crippen MR) is 25.8 cm³/mol. The third kappa shape index (κ3) is 2.13. The summed E-state index contributed by atoms with van der Waals surface area (Å²) in [6.45, 7) is -1.51. The molecule has 10 heavy (non-hydrogen) atoms. The fourth-order valence-electron chi connectivity index (χ4n) is 0.217. The Morgan fingerprint density at radius 1 is 1.20 bits per heavy atom. The van der Waals surface area contributed by atoms with Gasteiger partial charge in [-0.15, -0.1) is 0 Å². The van der Waals surface area contributed by atoms with Gasteiger partial charge in [0.25, 0.3) is 0 Å². The Balaban J connectivity index is 4.44. The lowest BCUT2D eigenvalue weighted by atomic mass is 10.9. The predicted octanol–water partition coefficient (Wildman–Crippen LogP) is 0.891. The first-order valence-electron chi connectivity index (χ1n) is 2.16. The average Bonchev–Trinajstić information content (AvgIpc) is 1.61. The monoisotopic (exact) mass is 180 g/mol. The summed E-state index contributed by atoms with van der Waals surface area (Å²) >= 11 is 0. The van der Waals surface area contributed by atoms with Crippen LogP contribution in [0.1, 0.15) is 0 Å². The van der Waals surface area contributed by atoms with E-state index in [4.69, 9.17) is 0 Å². The van der Waals surface area contributed by atoms with Crippen molar-refractivity contribution in [1.29, 1.82) is 0 Å². The summed E-state index contributed by atoms with van der Waals surface area (Å²) in [5.41, 5.74) is -5.32. The maximum Gasteiger partial charge on any atom is 0.497 e. The van der Waals surface area contributed by atoms with E-state index in [1.807, 2.05) is 0 Å². The third-order valence-corrected chi connectivity index (χ3v) is 2.10. The molecule has 0 aromatic heterocycles. The second-order valence-electron chi connectivity index (χ2n) is 1.45. The number of halogens is 4. The van der Waals surface area contributed by atoms with Crippen LogP contribution in [0.3, 0.4) is 0 Å². The van der Waals surface area contributed by atoms with E-state index < -0.39 is 27.8 Å². The van der Waals surface area contributed by atoms with Crippen molar-refractivity contribution in [2.24, 2.45) is 0 Å². The van der Waals surface area contributed by atoms with Crippen molar-refractivity contribution >= 4 is 9.84 Å². The molecule has 0 saturated heterocycles. The fraction of sp³-hybridized carbons (Fsp3) is 1.00. The zero-order valence-corrected chi connectivity index (χ0v) is 5.47. The van der Waals surface area contributed by atoms with Crippen LogP contribution in [0, 0.1) is 0 Å². The molecular weight excluding hydrogens is 176 g/mol. The molecule has 0 atom stereocenters. The maximum absolute atomic E-state index is 11.3. The number of alkyl halides is 4. The van der Waals surface area contributed by atoms with Gasteiger partial charge in [-0.1, -0.05) is 0 Å². The molecule has 2 nitrogen and oxygen atoms in total. The molecule has 0 heterocycles. The highest BCUT2D eigenvalue weighted by Crippen LogP contribution is 2.23. The van der Waals surface area contributed by atoms with Gasteiger partial charge in [0.05, 0.1) is 5.75 Å². The smallest absolute Gasteiger partial charge is 0.250 e. The zero-order valence-electron chi connectivity index (χ0n) is 4.65. The average molecular weight is 180 g/mol. The second kappa shape index (κ2) is 2.73. The van der Waals surface area contributed by atoms with E-state index in [1.165, 1.54) is 0 Å². The van der Waals surface area contributed by atoms with Gasteiger partial charge in [0.15, 0.2) is 0 Å². The number of hydrogen-bond acceptors (Lipinski definition) is 2. The highest BCUT2D eigenvalue weighted by atomic mass is 32.2. The van der Waals surface area contributed by atoms with Crippen LogP contribution < -0.4 is 0 Å². The van der Waals surface area contributed by atoms with E-state index in [1.54, 1.807) is 0 Å². The molecule has 0 aliphatic heterocycles. The maximum atomic E-state index is 11.3. The molecule has 0 aromatic carbocycles. The minimum atomic E-state index is -5.32. The van der Waals surface area contributed by atoms with Crippen molar-refractivity contribution in [1.82, 2.24) is 0 Å². The Hall–Kier alpha value is -0.330. The Kier molecular flexibility index (Phi) is 2.64. The molecule has 0 fully saturated rings. The van der Waals surface area contributed by atoms with E-state index in [2.05, 4.69) is 0 Å². The largest absolute Gasteiger partial charge is 0.497 e. The first-order chi connectivity index (χ1) is 4.31. The molecule has 0 bridgehead atoms. The molecule has 0 aliphatic carbocycles. The number of hydrogen-bond donors (Lipinski definition) is 0. The standard InChI is InChI=1S/C3H4F4O2S/c4-1-2-10(8,9)3(5,6)7/h1-2H2. The lowest BCUT2D eigenvalue weighted by Gasteiger charge is -2.04. The molecule has 0 aliphatic rings. The minimum absolute atomic E-state index is 1.49. The van der Waals surface area contributed by atoms with Gasteiger partial charge in [0, 0.05) is 0 Å². The molecule has 0 aromatic rings. The van der Waals surface area contributed by atoms with Crippen LogP contribution >= 0.6 is 0 Å². The van der Waals surface area contributed by atoms with E-state index in [-0.39, 0.29) is 0 Å². The normalized spacial score (nSPS) is 13.6. The number of sulfone groups is 1. The van der Waals surface area contributed by atoms with Crippen LogP contribution in [0.5, 0.6) is 0 Å². The van der Waals surface area contributed by atoms with Crippen LogP contribution in [0.2, 0.25) is 0 Å². The van der Waals surface area contributed by atoms with Crippen molar-refractivity contribution in [2.75, 3.05) is 12.4 Å². The zero-order chi connectivity index (χ0) is 8.41. The Labute approximate surface area is 54.8 Å². The Morgan fingerprint density at radius 3 is 1.70 bits per heavy atom. The highest BCUT2D eigenvalue weighted by molar-refractivity contribution is 7.92. The molecule has 0 N–H and O–H groups in total. The van der Waals surface area contributed by atoms with Crippen LogP contribution in [0.15, 0.2) is 0 Å². The van der Waals surface area contributed by atoms with E-state index >= 15 is 0 Å². The van der Waals surface area contributed by atoms with Gasteiger partial charge in [0.1, 0.15) is 6.67 Å². The summed E-state index contributed by atoms with van der Waals surface area (Å²) in [5, 5.41) is 0. The molecule has 0 saturated carbocycles. The molecular formula is C3H4F4O2S. The molecule has 7 heteroatoms. The van der Waals surface area contributed by atoms with E-state index in [0.717, 1.165) is 0 Å². The van der Waals surface area contributed by atoms with Crippen LogP contribution in [0.25, 0.3) is 0 Å². The summed E-state index contributed by atoms with van der Waals surface area (Å²) in [4.78, 5) is 0. The minimum Gasteiger partial charge on any atom is -0.250 e. The van der Waals surface area contributed by atoms with Gasteiger partial charge in [-0.05, 0) is 0 Å². The van der Waals surface area contributed by atoms with Crippen LogP contribution in [-0.2, 0) is 9.84 Å². The summed E-state index contributed by atoms with van der Waals surface area (Å²) in [7, 11) is -5.22. The Morgan fingerprint density at radius 2 is 1.60 bits per heavy atom. The first-order valence-corrected chi connectivity index (χ1v) is 3.81. The van der Waals surface area contributed by atoms with Crippen molar-refractivity contribution < 1.29 is 26.0 Å². The van der Waals surface area contributed by atoms with E-state index in [0.29, 0.717) is 0 Å². The Bertz CT molecular complexity index is 191. The first kappa shape index (κ1) is 9.67. The quantitative estimate of drug-likeness (QED) is 0.591. The van der Waals surface area contributed by atoms with Crippen LogP contribution in [0.4, 0.5) is 17.6 Å². The summed E-state index contributed by atoms with van der Waals surface area (Å²) in [6, 6.07) is 0. The lowest BCUT2D eigenvalue weighted by molar-refractivity contribution is -0.0436.